The van der Waals surface area contributed by atoms with Crippen LogP contribution in [-0.2, 0) is 17.5 Å². The van der Waals surface area contributed by atoms with Crippen molar-refractivity contribution >= 4 is 33.3 Å². The van der Waals surface area contributed by atoms with Crippen molar-refractivity contribution in [1.82, 2.24) is 19.7 Å². The number of carbonyl (C=O) groups excluding carboxylic acids is 1. The maximum absolute atomic E-state index is 12.7. The smallest absolute Gasteiger partial charge is 0.445 e. The number of halogens is 3. The number of ether oxygens (including phenoxy) is 2. The molecule has 0 aliphatic rings. The van der Waals surface area contributed by atoms with E-state index in [1.807, 2.05) is 0 Å². The number of nitrogens with zero attached hydrogens (tertiary/aromatic N) is 4. The second kappa shape index (κ2) is 8.65. The fraction of sp³-hybridized carbons (Fsp3) is 0.353. The largest absolute Gasteiger partial charge is 0.493 e. The number of hydrogen-bond acceptors (Lipinski definition) is 8. The number of nitrogens with one attached hydrogen (secondary N) is 1. The molecule has 30 heavy (non-hydrogen) atoms. The highest BCUT2D eigenvalue weighted by Crippen LogP contribution is 2.33. The highest BCUT2D eigenvalue weighted by Gasteiger charge is 2.35. The Morgan fingerprint density at radius 2 is 1.90 bits per heavy atom. The molecule has 13 heteroatoms. The molecule has 3 rings (SSSR count). The van der Waals surface area contributed by atoms with E-state index >= 15 is 0 Å². The van der Waals surface area contributed by atoms with E-state index in [2.05, 4.69) is 20.5 Å². The van der Waals surface area contributed by atoms with E-state index in [0.717, 1.165) is 0 Å². The van der Waals surface area contributed by atoms with E-state index < -0.39 is 17.1 Å². The zero-order valence-electron chi connectivity index (χ0n) is 15.8. The first kappa shape index (κ1) is 21.5. The van der Waals surface area contributed by atoms with E-state index in [1.54, 1.807) is 6.07 Å². The molecule has 0 aliphatic carbocycles. The number of alkyl halides is 3. The molecule has 0 aliphatic heterocycles. The summed E-state index contributed by atoms with van der Waals surface area (Å²) in [6, 6.07) is 3.12. The minimum Gasteiger partial charge on any atom is -0.493 e. The standard InChI is InChI=1S/C17H16F3N5O4S/c1-28-11-6-9-10(7-12(11)29-2)21-8-25(14(9)27)5-3-4-13(26)22-16-24-23-15(30-16)17(18,19)20/h6-8H,3-5H2,1-2H3,(H,22,24,26). The van der Waals surface area contributed by atoms with Crippen LogP contribution in [0.4, 0.5) is 18.3 Å². The zero-order valence-corrected chi connectivity index (χ0v) is 16.6. The second-order valence-corrected chi connectivity index (χ2v) is 7.01. The third-order valence-electron chi connectivity index (χ3n) is 4.05. The van der Waals surface area contributed by atoms with Crippen molar-refractivity contribution in [3.63, 3.8) is 0 Å². The van der Waals surface area contributed by atoms with Gasteiger partial charge in [-0.25, -0.2) is 4.98 Å². The maximum Gasteiger partial charge on any atom is 0.445 e. The number of methoxy groups -OCH3 is 2. The molecule has 2 aromatic heterocycles. The lowest BCUT2D eigenvalue weighted by atomic mass is 10.2. The fourth-order valence-corrected chi connectivity index (χ4v) is 3.25. The van der Waals surface area contributed by atoms with Gasteiger partial charge in [0.1, 0.15) is 0 Å². The molecule has 0 saturated heterocycles. The molecule has 9 nitrogen and oxygen atoms in total. The molecule has 160 valence electrons. The normalized spacial score (nSPS) is 11.5. The molecular formula is C17H16F3N5O4S. The van der Waals surface area contributed by atoms with Crippen molar-refractivity contribution in [3.8, 4) is 11.5 Å². The maximum atomic E-state index is 12.7. The summed E-state index contributed by atoms with van der Waals surface area (Å²) in [6.45, 7) is 0.188. The third-order valence-corrected chi connectivity index (χ3v) is 4.93. The lowest BCUT2D eigenvalue weighted by molar-refractivity contribution is -0.138. The third kappa shape index (κ3) is 4.67. The van der Waals surface area contributed by atoms with Gasteiger partial charge in [-0.15, -0.1) is 10.2 Å². The lowest BCUT2D eigenvalue weighted by Crippen LogP contribution is -2.22. The van der Waals surface area contributed by atoms with Crippen LogP contribution >= 0.6 is 11.3 Å². The minimum absolute atomic E-state index is 0.0304. The number of aryl methyl sites for hydroxylation is 1. The summed E-state index contributed by atoms with van der Waals surface area (Å²) in [5.74, 6) is 0.293. The Morgan fingerprint density at radius 1 is 1.20 bits per heavy atom. The first-order chi connectivity index (χ1) is 14.2. The molecular weight excluding hydrogens is 427 g/mol. The molecule has 0 unspecified atom stereocenters. The Balaban J connectivity index is 1.64. The summed E-state index contributed by atoms with van der Waals surface area (Å²) in [5.41, 5.74) is 0.115. The van der Waals surface area contributed by atoms with Crippen LogP contribution in [-0.4, -0.2) is 39.9 Å². The summed E-state index contributed by atoms with van der Waals surface area (Å²) in [4.78, 5) is 28.8. The predicted octanol–water partition coefficient (Wildman–Crippen LogP) is 2.70. The molecule has 0 bridgehead atoms. The monoisotopic (exact) mass is 443 g/mol. The molecule has 0 atom stereocenters. The molecule has 0 spiro atoms. The number of aromatic nitrogens is 4. The zero-order chi connectivity index (χ0) is 21.9. The molecule has 1 amide bonds. The molecule has 2 heterocycles. The van der Waals surface area contributed by atoms with Crippen molar-refractivity contribution in [2.24, 2.45) is 0 Å². The van der Waals surface area contributed by atoms with Gasteiger partial charge in [0.25, 0.3) is 5.56 Å². The van der Waals surface area contributed by atoms with Gasteiger partial charge in [-0.3, -0.25) is 14.2 Å². The van der Waals surface area contributed by atoms with E-state index in [9.17, 15) is 22.8 Å². The fourth-order valence-electron chi connectivity index (χ4n) is 2.62. The van der Waals surface area contributed by atoms with Gasteiger partial charge in [0.05, 0.1) is 31.4 Å². The summed E-state index contributed by atoms with van der Waals surface area (Å²) in [6.07, 6.45) is -3.03. The van der Waals surface area contributed by atoms with E-state index in [4.69, 9.17) is 9.47 Å². The molecule has 0 radical (unpaired) electrons. The van der Waals surface area contributed by atoms with Crippen LogP contribution in [0.2, 0.25) is 0 Å². The van der Waals surface area contributed by atoms with Crippen molar-refractivity contribution in [2.45, 2.75) is 25.6 Å². The van der Waals surface area contributed by atoms with E-state index in [-0.39, 0.29) is 41.4 Å². The number of fused-ring (bicyclic) bond motifs is 1. The van der Waals surface area contributed by atoms with Gasteiger partial charge in [-0.05, 0) is 12.5 Å². The van der Waals surface area contributed by atoms with Crippen molar-refractivity contribution in [2.75, 3.05) is 19.5 Å². The summed E-state index contributed by atoms with van der Waals surface area (Å²) in [5, 5.41) is 7.50. The first-order valence-electron chi connectivity index (χ1n) is 8.54. The predicted molar refractivity (Wildman–Crippen MR) is 102 cm³/mol. The van der Waals surface area contributed by atoms with Crippen LogP contribution in [0, 0.1) is 0 Å². The topological polar surface area (TPSA) is 108 Å². The number of carbonyl (C=O) groups is 1. The second-order valence-electron chi connectivity index (χ2n) is 6.03. The highest BCUT2D eigenvalue weighted by atomic mass is 32.1. The average Bonchev–Trinajstić information content (AvgIpc) is 3.17. The van der Waals surface area contributed by atoms with Gasteiger partial charge in [0, 0.05) is 19.0 Å². The molecule has 0 fully saturated rings. The Bertz CT molecular complexity index is 1130. The summed E-state index contributed by atoms with van der Waals surface area (Å²) >= 11 is 0.242. The minimum atomic E-state index is -4.61. The summed E-state index contributed by atoms with van der Waals surface area (Å²) in [7, 11) is 2.93. The van der Waals surface area contributed by atoms with Crippen molar-refractivity contribution in [3.05, 3.63) is 33.8 Å². The number of amides is 1. The van der Waals surface area contributed by atoms with Crippen LogP contribution in [0.1, 0.15) is 17.8 Å². The quantitative estimate of drug-likeness (QED) is 0.598. The van der Waals surface area contributed by atoms with E-state index in [1.165, 1.54) is 31.2 Å². The Labute approximate surface area is 171 Å². The van der Waals surface area contributed by atoms with Crippen LogP contribution in [0.25, 0.3) is 10.9 Å². The number of rotatable bonds is 7. The average molecular weight is 443 g/mol. The number of hydrogen-bond donors (Lipinski definition) is 1. The van der Waals surface area contributed by atoms with Gasteiger partial charge in [0.15, 0.2) is 11.5 Å². The summed E-state index contributed by atoms with van der Waals surface area (Å²) < 4.78 is 49.3. The van der Waals surface area contributed by atoms with Gasteiger partial charge in [0.2, 0.25) is 16.0 Å². The van der Waals surface area contributed by atoms with Gasteiger partial charge in [-0.1, -0.05) is 11.3 Å². The number of anilines is 1. The van der Waals surface area contributed by atoms with Crippen LogP contribution in [0.15, 0.2) is 23.3 Å². The van der Waals surface area contributed by atoms with Crippen LogP contribution < -0.4 is 20.3 Å². The van der Waals surface area contributed by atoms with Crippen molar-refractivity contribution in [1.29, 1.82) is 0 Å². The highest BCUT2D eigenvalue weighted by molar-refractivity contribution is 7.15. The Hall–Kier alpha value is -3.22. The van der Waals surface area contributed by atoms with Gasteiger partial charge < -0.3 is 14.8 Å². The lowest BCUT2D eigenvalue weighted by Gasteiger charge is -2.10. The Kier molecular flexibility index (Phi) is 6.20. The molecule has 1 aromatic carbocycles. The van der Waals surface area contributed by atoms with Gasteiger partial charge in [-0.2, -0.15) is 13.2 Å². The first-order valence-corrected chi connectivity index (χ1v) is 9.36. The van der Waals surface area contributed by atoms with Crippen LogP contribution in [0.5, 0.6) is 11.5 Å². The Morgan fingerprint density at radius 3 is 2.53 bits per heavy atom. The van der Waals surface area contributed by atoms with Crippen LogP contribution in [0.3, 0.4) is 0 Å². The molecule has 3 aromatic rings. The van der Waals surface area contributed by atoms with Crippen molar-refractivity contribution < 1.29 is 27.4 Å². The van der Waals surface area contributed by atoms with E-state index in [0.29, 0.717) is 22.4 Å². The van der Waals surface area contributed by atoms with Gasteiger partial charge >= 0.3 is 6.18 Å². The number of benzene rings is 1. The molecule has 0 saturated carbocycles. The molecule has 1 N–H and O–H groups in total. The SMILES string of the molecule is COc1cc2ncn(CCCC(=O)Nc3nnc(C(F)(F)F)s3)c(=O)c2cc1OC.